The first-order chi connectivity index (χ1) is 31.5. The van der Waals surface area contributed by atoms with Crippen LogP contribution in [0.4, 0.5) is 0 Å². The van der Waals surface area contributed by atoms with E-state index in [0.29, 0.717) is 19.3 Å². The van der Waals surface area contributed by atoms with Crippen LogP contribution in [0.2, 0.25) is 0 Å². The highest BCUT2D eigenvalue weighted by Crippen LogP contribution is 2.16. The monoisotopic (exact) mass is 901 g/mol. The van der Waals surface area contributed by atoms with Crippen molar-refractivity contribution in [2.45, 2.75) is 316 Å². The van der Waals surface area contributed by atoms with Crippen LogP contribution in [0.15, 0.2) is 24.3 Å². The average molecular weight is 901 g/mol. The van der Waals surface area contributed by atoms with Crippen molar-refractivity contribution in [3.8, 4) is 0 Å². The molecule has 1 atom stereocenters. The Hall–Kier alpha value is -2.11. The number of rotatable bonds is 52. The summed E-state index contributed by atoms with van der Waals surface area (Å²) < 4.78 is 16.9. The van der Waals surface area contributed by atoms with E-state index in [9.17, 15) is 14.4 Å². The molecule has 0 amide bonds. The molecule has 0 aliphatic rings. The van der Waals surface area contributed by atoms with E-state index in [1.54, 1.807) is 0 Å². The average Bonchev–Trinajstić information content (AvgIpc) is 3.29. The lowest BCUT2D eigenvalue weighted by molar-refractivity contribution is -0.167. The Balaban J connectivity index is 4.34. The van der Waals surface area contributed by atoms with Gasteiger partial charge in [-0.15, -0.1) is 0 Å². The van der Waals surface area contributed by atoms with E-state index in [1.165, 1.54) is 199 Å². The number of hydrogen-bond acceptors (Lipinski definition) is 6. The summed E-state index contributed by atoms with van der Waals surface area (Å²) in [6.07, 6.45) is 61.6. The van der Waals surface area contributed by atoms with Gasteiger partial charge in [0, 0.05) is 19.3 Å². The summed E-state index contributed by atoms with van der Waals surface area (Å²) in [7, 11) is 0. The molecule has 6 heteroatoms. The third-order valence-electron chi connectivity index (χ3n) is 12.7. The van der Waals surface area contributed by atoms with Crippen LogP contribution < -0.4 is 0 Å². The molecule has 0 saturated heterocycles. The summed E-state index contributed by atoms with van der Waals surface area (Å²) in [5, 5.41) is 0. The molecule has 0 fully saturated rings. The van der Waals surface area contributed by atoms with E-state index in [4.69, 9.17) is 14.2 Å². The van der Waals surface area contributed by atoms with E-state index in [0.717, 1.165) is 70.6 Å². The van der Waals surface area contributed by atoms with Crippen molar-refractivity contribution in [3.63, 3.8) is 0 Å². The van der Waals surface area contributed by atoms with E-state index in [-0.39, 0.29) is 31.1 Å². The van der Waals surface area contributed by atoms with Crippen LogP contribution in [0.5, 0.6) is 0 Å². The Morgan fingerprint density at radius 1 is 0.297 bits per heavy atom. The van der Waals surface area contributed by atoms with Gasteiger partial charge in [-0.3, -0.25) is 14.4 Å². The Morgan fingerprint density at radius 3 is 0.781 bits per heavy atom. The van der Waals surface area contributed by atoms with Crippen LogP contribution in [0.1, 0.15) is 310 Å². The lowest BCUT2D eigenvalue weighted by Gasteiger charge is -2.18. The third kappa shape index (κ3) is 50.9. The number of esters is 3. The van der Waals surface area contributed by atoms with Gasteiger partial charge in [-0.1, -0.05) is 244 Å². The number of carbonyl (C=O) groups excluding carboxylic acids is 3. The maximum atomic E-state index is 12.8. The highest BCUT2D eigenvalue weighted by Gasteiger charge is 2.19. The smallest absolute Gasteiger partial charge is 0.306 e. The number of hydrogen-bond donors (Lipinski definition) is 0. The van der Waals surface area contributed by atoms with Crippen molar-refractivity contribution in [2.24, 2.45) is 0 Å². The van der Waals surface area contributed by atoms with Crippen LogP contribution in [-0.4, -0.2) is 37.2 Å². The summed E-state index contributed by atoms with van der Waals surface area (Å²) >= 11 is 0. The van der Waals surface area contributed by atoms with Crippen molar-refractivity contribution in [1.29, 1.82) is 0 Å². The normalized spacial score (nSPS) is 12.1. The summed E-state index contributed by atoms with van der Waals surface area (Å²) in [6, 6.07) is 0. The van der Waals surface area contributed by atoms with Gasteiger partial charge < -0.3 is 14.2 Å². The van der Waals surface area contributed by atoms with E-state index in [1.807, 2.05) is 0 Å². The largest absolute Gasteiger partial charge is 0.462 e. The first kappa shape index (κ1) is 61.9. The van der Waals surface area contributed by atoms with Gasteiger partial charge in [-0.2, -0.15) is 0 Å². The fraction of sp³-hybridized carbons (Fsp3) is 0.879. The van der Waals surface area contributed by atoms with Crippen molar-refractivity contribution >= 4 is 17.9 Å². The molecule has 0 rings (SSSR count). The van der Waals surface area contributed by atoms with Crippen molar-refractivity contribution < 1.29 is 28.6 Å². The summed E-state index contributed by atoms with van der Waals surface area (Å²) in [6.45, 7) is 6.65. The molecule has 0 radical (unpaired) electrons. The molecule has 64 heavy (non-hydrogen) atoms. The first-order valence-corrected chi connectivity index (χ1v) is 28.3. The van der Waals surface area contributed by atoms with Crippen molar-refractivity contribution in [2.75, 3.05) is 13.2 Å². The molecule has 0 bridgehead atoms. The molecule has 1 unspecified atom stereocenters. The Morgan fingerprint density at radius 2 is 0.516 bits per heavy atom. The highest BCUT2D eigenvalue weighted by atomic mass is 16.6. The number of allylic oxidation sites excluding steroid dienone is 4. The van der Waals surface area contributed by atoms with Crippen LogP contribution >= 0.6 is 0 Å². The zero-order valence-corrected chi connectivity index (χ0v) is 43.1. The standard InChI is InChI=1S/C58H108O6/c1-4-7-10-13-16-19-22-25-28-29-31-33-36-39-42-45-48-51-57(60)63-54-55(53-62-56(59)50-47-44-41-38-35-32-27-24-21-18-15-12-9-6-3)64-58(61)52-49-46-43-40-37-34-30-26-23-20-17-14-11-8-5-2/h24,26-27,30,55H,4-23,25,28-29,31-54H2,1-3H3/b27-24-,30-26-. The van der Waals surface area contributed by atoms with Gasteiger partial charge >= 0.3 is 17.9 Å². The van der Waals surface area contributed by atoms with Crippen LogP contribution in [-0.2, 0) is 28.6 Å². The summed E-state index contributed by atoms with van der Waals surface area (Å²) in [4.78, 5) is 38.1. The number of ether oxygens (including phenoxy) is 3. The topological polar surface area (TPSA) is 78.9 Å². The van der Waals surface area contributed by atoms with Crippen LogP contribution in [0, 0.1) is 0 Å². The molecule has 0 aromatic heterocycles. The number of carbonyl (C=O) groups is 3. The predicted octanol–water partition coefficient (Wildman–Crippen LogP) is 18.7. The molecule has 0 heterocycles. The van der Waals surface area contributed by atoms with Gasteiger partial charge in [0.25, 0.3) is 0 Å². The minimum atomic E-state index is -0.775. The second-order valence-corrected chi connectivity index (χ2v) is 19.2. The molecule has 0 aliphatic heterocycles. The van der Waals surface area contributed by atoms with E-state index < -0.39 is 6.10 Å². The minimum Gasteiger partial charge on any atom is -0.462 e. The van der Waals surface area contributed by atoms with Gasteiger partial charge in [0.1, 0.15) is 13.2 Å². The first-order valence-electron chi connectivity index (χ1n) is 28.3. The Kier molecular flexibility index (Phi) is 51.7. The molecule has 6 nitrogen and oxygen atoms in total. The lowest BCUT2D eigenvalue weighted by atomic mass is 10.0. The van der Waals surface area contributed by atoms with Gasteiger partial charge in [0.2, 0.25) is 0 Å². The molecule has 0 saturated carbocycles. The molecule has 0 aromatic carbocycles. The second-order valence-electron chi connectivity index (χ2n) is 19.2. The molecule has 0 N–H and O–H groups in total. The van der Waals surface area contributed by atoms with Gasteiger partial charge in [0.05, 0.1) is 0 Å². The SMILES string of the molecule is CCCCCCC/C=C\CCCCCCCC(=O)OCC(COC(=O)CCCCCCCCCCCCCCCCCCC)OC(=O)CCCCCCC/C=C\CCCCCCCC. The molecular weight excluding hydrogens is 793 g/mol. The van der Waals surface area contributed by atoms with E-state index in [2.05, 4.69) is 45.1 Å². The molecule has 0 spiro atoms. The minimum absolute atomic E-state index is 0.0729. The molecule has 0 aromatic rings. The van der Waals surface area contributed by atoms with Crippen LogP contribution in [0.3, 0.4) is 0 Å². The van der Waals surface area contributed by atoms with Gasteiger partial charge in [-0.25, -0.2) is 0 Å². The number of unbranched alkanes of at least 4 members (excludes halogenated alkanes) is 37. The maximum absolute atomic E-state index is 12.8. The van der Waals surface area contributed by atoms with Crippen LogP contribution in [0.25, 0.3) is 0 Å². The zero-order valence-electron chi connectivity index (χ0n) is 43.1. The Bertz CT molecular complexity index is 1040. The van der Waals surface area contributed by atoms with Gasteiger partial charge in [-0.05, 0) is 70.6 Å². The fourth-order valence-electron chi connectivity index (χ4n) is 8.37. The lowest BCUT2D eigenvalue weighted by Crippen LogP contribution is -2.30. The molecule has 376 valence electrons. The molecular formula is C58H108O6. The zero-order chi connectivity index (χ0) is 46.5. The second kappa shape index (κ2) is 53.5. The van der Waals surface area contributed by atoms with E-state index >= 15 is 0 Å². The fourth-order valence-corrected chi connectivity index (χ4v) is 8.37. The van der Waals surface area contributed by atoms with Crippen molar-refractivity contribution in [1.82, 2.24) is 0 Å². The maximum Gasteiger partial charge on any atom is 0.306 e. The van der Waals surface area contributed by atoms with Gasteiger partial charge in [0.15, 0.2) is 6.10 Å². The Labute approximate surface area is 398 Å². The quantitative estimate of drug-likeness (QED) is 0.0262. The predicted molar refractivity (Wildman–Crippen MR) is 275 cm³/mol. The molecule has 0 aliphatic carbocycles. The highest BCUT2D eigenvalue weighted by molar-refractivity contribution is 5.71. The summed E-state index contributed by atoms with van der Waals surface area (Å²) in [5.74, 6) is -0.872. The third-order valence-corrected chi connectivity index (χ3v) is 12.7. The summed E-state index contributed by atoms with van der Waals surface area (Å²) in [5.41, 5.74) is 0. The van der Waals surface area contributed by atoms with Crippen molar-refractivity contribution in [3.05, 3.63) is 24.3 Å².